The molecule has 5 nitrogen and oxygen atoms in total. The minimum atomic E-state index is -3.18. The Morgan fingerprint density at radius 3 is 2.72 bits per heavy atom. The Labute approximate surface area is 112 Å². The van der Waals surface area contributed by atoms with Crippen LogP contribution < -0.4 is 10.0 Å². The van der Waals surface area contributed by atoms with Crippen LogP contribution in [0.4, 0.5) is 5.69 Å². The van der Waals surface area contributed by atoms with E-state index >= 15 is 0 Å². The molecule has 0 saturated carbocycles. The fraction of sp³-hybridized carbons (Fsp3) is 0.364. The molecule has 0 aromatic heterocycles. The monoisotopic (exact) mass is 287 g/mol. The molecule has 98 valence electrons. The highest BCUT2D eigenvalue weighted by Crippen LogP contribution is 2.19. The lowest BCUT2D eigenvalue weighted by Crippen LogP contribution is -2.30. The van der Waals surface area contributed by atoms with Crippen LogP contribution in [0, 0.1) is 11.3 Å². The molecule has 0 bridgehead atoms. The Morgan fingerprint density at radius 2 is 2.11 bits per heavy atom. The van der Waals surface area contributed by atoms with Crippen molar-refractivity contribution in [2.75, 3.05) is 24.2 Å². The van der Waals surface area contributed by atoms with Crippen molar-refractivity contribution >= 4 is 27.3 Å². The minimum absolute atomic E-state index is 0.0492. The molecule has 0 unspecified atom stereocenters. The second kappa shape index (κ2) is 6.59. The molecule has 0 aliphatic rings. The zero-order valence-corrected chi connectivity index (χ0v) is 11.5. The molecule has 0 radical (unpaired) electrons. The number of rotatable bonds is 6. The molecule has 1 aromatic carbocycles. The normalized spacial score (nSPS) is 10.9. The average molecular weight is 288 g/mol. The van der Waals surface area contributed by atoms with Gasteiger partial charge >= 0.3 is 0 Å². The Hall–Kier alpha value is -1.29. The molecule has 1 aromatic rings. The molecule has 0 fully saturated rings. The zero-order chi connectivity index (χ0) is 13.6. The summed E-state index contributed by atoms with van der Waals surface area (Å²) in [5.41, 5.74) is 1.07. The van der Waals surface area contributed by atoms with Crippen LogP contribution in [0.1, 0.15) is 12.5 Å². The molecule has 0 saturated heterocycles. The van der Waals surface area contributed by atoms with Crippen molar-refractivity contribution in [3.8, 4) is 6.07 Å². The molecule has 0 amide bonds. The first-order valence-corrected chi connectivity index (χ1v) is 7.42. The van der Waals surface area contributed by atoms with E-state index in [2.05, 4.69) is 10.0 Å². The third-order valence-corrected chi connectivity index (χ3v) is 3.88. The van der Waals surface area contributed by atoms with E-state index in [0.29, 0.717) is 22.8 Å². The van der Waals surface area contributed by atoms with E-state index in [9.17, 15) is 8.42 Å². The van der Waals surface area contributed by atoms with Gasteiger partial charge in [-0.1, -0.05) is 11.6 Å². The van der Waals surface area contributed by atoms with Crippen molar-refractivity contribution in [1.82, 2.24) is 4.72 Å². The number of halogens is 1. The number of nitriles is 1. The lowest BCUT2D eigenvalue weighted by atomic mass is 10.2. The first kappa shape index (κ1) is 14.8. The third-order valence-electron chi connectivity index (χ3n) is 2.24. The summed E-state index contributed by atoms with van der Waals surface area (Å²) in [6, 6.07) is 6.91. The SMILES string of the molecule is CCS(=O)(=O)NCCNc1cc(Cl)ccc1C#N. The van der Waals surface area contributed by atoms with Gasteiger partial charge in [-0.05, 0) is 25.1 Å². The van der Waals surface area contributed by atoms with Gasteiger partial charge in [0.1, 0.15) is 6.07 Å². The largest absolute Gasteiger partial charge is 0.383 e. The standard InChI is InChI=1S/C11H14ClN3O2S/c1-2-18(16,17)15-6-5-14-11-7-10(12)4-3-9(11)8-13/h3-4,7,14-15H,2,5-6H2,1H3. The molecule has 0 aliphatic heterocycles. The Balaban J connectivity index is 2.55. The second-order valence-corrected chi connectivity index (χ2v) is 6.06. The summed E-state index contributed by atoms with van der Waals surface area (Å²) in [5.74, 6) is 0.0492. The van der Waals surface area contributed by atoms with Gasteiger partial charge in [0.2, 0.25) is 10.0 Å². The fourth-order valence-electron chi connectivity index (χ4n) is 1.27. The van der Waals surface area contributed by atoms with Crippen LogP contribution in [0.5, 0.6) is 0 Å². The van der Waals surface area contributed by atoms with Gasteiger partial charge in [0.05, 0.1) is 17.0 Å². The van der Waals surface area contributed by atoms with Gasteiger partial charge in [-0.15, -0.1) is 0 Å². The average Bonchev–Trinajstić information content (AvgIpc) is 2.35. The summed E-state index contributed by atoms with van der Waals surface area (Å²) in [6.45, 7) is 2.21. The van der Waals surface area contributed by atoms with Crippen molar-refractivity contribution in [2.45, 2.75) is 6.92 Å². The van der Waals surface area contributed by atoms with E-state index in [1.165, 1.54) is 0 Å². The first-order valence-electron chi connectivity index (χ1n) is 5.39. The predicted octanol–water partition coefficient (Wildman–Crippen LogP) is 1.56. The van der Waals surface area contributed by atoms with E-state index in [1.807, 2.05) is 6.07 Å². The molecule has 2 N–H and O–H groups in total. The Bertz CT molecular complexity index is 552. The number of sulfonamides is 1. The van der Waals surface area contributed by atoms with Crippen LogP contribution in [0.3, 0.4) is 0 Å². The lowest BCUT2D eigenvalue weighted by molar-refractivity contribution is 0.584. The van der Waals surface area contributed by atoms with E-state index < -0.39 is 10.0 Å². The summed E-state index contributed by atoms with van der Waals surface area (Å²) in [7, 11) is -3.18. The summed E-state index contributed by atoms with van der Waals surface area (Å²) >= 11 is 5.82. The maximum atomic E-state index is 11.2. The highest BCUT2D eigenvalue weighted by molar-refractivity contribution is 7.89. The van der Waals surface area contributed by atoms with Gasteiger partial charge in [-0.3, -0.25) is 0 Å². The van der Waals surface area contributed by atoms with Crippen molar-refractivity contribution < 1.29 is 8.42 Å². The molecule has 0 heterocycles. The van der Waals surface area contributed by atoms with E-state index in [0.717, 1.165) is 0 Å². The maximum Gasteiger partial charge on any atom is 0.211 e. The number of benzene rings is 1. The van der Waals surface area contributed by atoms with Crippen LogP contribution in [0.25, 0.3) is 0 Å². The topological polar surface area (TPSA) is 82.0 Å². The van der Waals surface area contributed by atoms with Crippen LogP contribution in [0.15, 0.2) is 18.2 Å². The van der Waals surface area contributed by atoms with Gasteiger partial charge in [0.15, 0.2) is 0 Å². The zero-order valence-electron chi connectivity index (χ0n) is 9.90. The van der Waals surface area contributed by atoms with Crippen molar-refractivity contribution in [2.24, 2.45) is 0 Å². The van der Waals surface area contributed by atoms with Crippen molar-refractivity contribution in [3.63, 3.8) is 0 Å². The van der Waals surface area contributed by atoms with Crippen molar-refractivity contribution in [1.29, 1.82) is 5.26 Å². The lowest BCUT2D eigenvalue weighted by Gasteiger charge is -2.09. The summed E-state index contributed by atoms with van der Waals surface area (Å²) in [6.07, 6.45) is 0. The quantitative estimate of drug-likeness (QED) is 0.778. The Morgan fingerprint density at radius 1 is 1.39 bits per heavy atom. The third kappa shape index (κ3) is 4.53. The smallest absolute Gasteiger partial charge is 0.211 e. The second-order valence-electron chi connectivity index (χ2n) is 3.53. The van der Waals surface area contributed by atoms with Crippen LogP contribution in [-0.2, 0) is 10.0 Å². The maximum absolute atomic E-state index is 11.2. The number of hydrogen-bond donors (Lipinski definition) is 2. The van der Waals surface area contributed by atoms with Crippen LogP contribution in [-0.4, -0.2) is 27.3 Å². The van der Waals surface area contributed by atoms with Gasteiger partial charge in [-0.25, -0.2) is 13.1 Å². The van der Waals surface area contributed by atoms with Crippen LogP contribution >= 0.6 is 11.6 Å². The molecule has 0 aliphatic carbocycles. The summed E-state index contributed by atoms with van der Waals surface area (Å²) in [5, 5.41) is 12.4. The molecule has 1 rings (SSSR count). The van der Waals surface area contributed by atoms with E-state index in [4.69, 9.17) is 16.9 Å². The molecular formula is C11H14ClN3O2S. The molecule has 0 spiro atoms. The fourth-order valence-corrected chi connectivity index (χ4v) is 2.06. The summed E-state index contributed by atoms with van der Waals surface area (Å²) in [4.78, 5) is 0. The Kier molecular flexibility index (Phi) is 5.41. The first-order chi connectivity index (χ1) is 8.48. The number of nitrogens with one attached hydrogen (secondary N) is 2. The van der Waals surface area contributed by atoms with Gasteiger partial charge < -0.3 is 5.32 Å². The van der Waals surface area contributed by atoms with Gasteiger partial charge in [0, 0.05) is 18.1 Å². The minimum Gasteiger partial charge on any atom is -0.383 e. The number of nitrogens with zero attached hydrogens (tertiary/aromatic N) is 1. The van der Waals surface area contributed by atoms with E-state index in [-0.39, 0.29) is 12.3 Å². The van der Waals surface area contributed by atoms with Crippen LogP contribution in [0.2, 0.25) is 5.02 Å². The molecular weight excluding hydrogens is 274 g/mol. The number of hydrogen-bond acceptors (Lipinski definition) is 4. The van der Waals surface area contributed by atoms with Gasteiger partial charge in [-0.2, -0.15) is 5.26 Å². The summed E-state index contributed by atoms with van der Waals surface area (Å²) < 4.78 is 24.8. The molecule has 7 heteroatoms. The van der Waals surface area contributed by atoms with Crippen molar-refractivity contribution in [3.05, 3.63) is 28.8 Å². The van der Waals surface area contributed by atoms with E-state index in [1.54, 1.807) is 25.1 Å². The molecule has 18 heavy (non-hydrogen) atoms. The van der Waals surface area contributed by atoms with Gasteiger partial charge in [0.25, 0.3) is 0 Å². The highest BCUT2D eigenvalue weighted by Gasteiger charge is 2.05. The predicted molar refractivity (Wildman–Crippen MR) is 72.1 cm³/mol. The highest BCUT2D eigenvalue weighted by atomic mass is 35.5. The molecule has 0 atom stereocenters. The number of anilines is 1.